The van der Waals surface area contributed by atoms with Gasteiger partial charge in [0.05, 0.1) is 0 Å². The van der Waals surface area contributed by atoms with E-state index in [4.69, 9.17) is 0 Å². The number of thioether (sulfide) groups is 1. The van der Waals surface area contributed by atoms with E-state index in [0.717, 1.165) is 17.9 Å². The van der Waals surface area contributed by atoms with E-state index in [9.17, 15) is 8.42 Å². The van der Waals surface area contributed by atoms with Crippen LogP contribution in [0.3, 0.4) is 0 Å². The van der Waals surface area contributed by atoms with Crippen molar-refractivity contribution in [1.82, 2.24) is 10.0 Å². The molecular weight excluding hydrogens is 312 g/mol. The summed E-state index contributed by atoms with van der Waals surface area (Å²) in [5.74, 6) is 1.31. The highest BCUT2D eigenvalue weighted by Gasteiger charge is 2.21. The predicted molar refractivity (Wildman–Crippen MR) is 86.9 cm³/mol. The van der Waals surface area contributed by atoms with Crippen LogP contribution in [0.1, 0.15) is 25.3 Å². The molecule has 4 nitrogen and oxygen atoms in total. The van der Waals surface area contributed by atoms with Gasteiger partial charge in [-0.3, -0.25) is 0 Å². The molecule has 2 N–H and O–H groups in total. The Balaban J connectivity index is 1.87. The van der Waals surface area contributed by atoms with Crippen molar-refractivity contribution in [3.05, 3.63) is 17.0 Å². The van der Waals surface area contributed by atoms with Crippen molar-refractivity contribution in [2.24, 2.45) is 5.92 Å². The van der Waals surface area contributed by atoms with Crippen molar-refractivity contribution >= 4 is 33.1 Å². The monoisotopic (exact) mass is 334 g/mol. The maximum Gasteiger partial charge on any atom is 0.250 e. The molecule has 20 heavy (non-hydrogen) atoms. The topological polar surface area (TPSA) is 58.2 Å². The van der Waals surface area contributed by atoms with Crippen LogP contribution in [0.2, 0.25) is 0 Å². The maximum absolute atomic E-state index is 12.2. The lowest BCUT2D eigenvalue weighted by molar-refractivity contribution is 0.564. The van der Waals surface area contributed by atoms with Gasteiger partial charge in [-0.2, -0.15) is 11.8 Å². The van der Waals surface area contributed by atoms with E-state index in [1.807, 2.05) is 11.6 Å². The molecule has 1 fully saturated rings. The lowest BCUT2D eigenvalue weighted by Gasteiger charge is -2.10. The first-order valence-electron chi connectivity index (χ1n) is 6.80. The molecule has 1 aromatic rings. The van der Waals surface area contributed by atoms with Gasteiger partial charge in [0.2, 0.25) is 10.0 Å². The van der Waals surface area contributed by atoms with E-state index in [1.54, 1.807) is 17.8 Å². The standard InChI is InChI=1S/C13H22N2O2S3/c1-10(8-18-2)6-15-20(16,17)13-5-11(9-19-13)7-14-12-3-4-12/h5,9-10,12,14-15H,3-4,6-8H2,1-2H3. The zero-order valence-electron chi connectivity index (χ0n) is 11.9. The molecule has 1 aliphatic carbocycles. The summed E-state index contributed by atoms with van der Waals surface area (Å²) in [5, 5.41) is 5.32. The largest absolute Gasteiger partial charge is 0.310 e. The van der Waals surface area contributed by atoms with Crippen LogP contribution in [0.15, 0.2) is 15.7 Å². The second-order valence-electron chi connectivity index (χ2n) is 5.34. The van der Waals surface area contributed by atoms with E-state index in [-0.39, 0.29) is 0 Å². The van der Waals surface area contributed by atoms with Crippen LogP contribution in [0.5, 0.6) is 0 Å². The van der Waals surface area contributed by atoms with E-state index >= 15 is 0 Å². The first kappa shape index (κ1) is 16.3. The van der Waals surface area contributed by atoms with Crippen molar-refractivity contribution < 1.29 is 8.42 Å². The normalized spacial score (nSPS) is 17.3. The Bertz CT molecular complexity index is 523. The van der Waals surface area contributed by atoms with Gasteiger partial charge in [-0.15, -0.1) is 11.3 Å². The molecule has 1 saturated carbocycles. The van der Waals surface area contributed by atoms with Crippen LogP contribution >= 0.6 is 23.1 Å². The summed E-state index contributed by atoms with van der Waals surface area (Å²) in [4.78, 5) is 0. The van der Waals surface area contributed by atoms with Crippen molar-refractivity contribution in [1.29, 1.82) is 0 Å². The molecule has 2 rings (SSSR count). The quantitative estimate of drug-likeness (QED) is 0.727. The molecule has 1 aliphatic rings. The summed E-state index contributed by atoms with van der Waals surface area (Å²) < 4.78 is 27.5. The minimum atomic E-state index is -3.34. The van der Waals surface area contributed by atoms with Crippen LogP contribution in [0.25, 0.3) is 0 Å². The molecule has 1 aromatic heterocycles. The molecule has 0 aliphatic heterocycles. The van der Waals surface area contributed by atoms with Crippen LogP contribution in [-0.2, 0) is 16.6 Å². The van der Waals surface area contributed by atoms with Crippen LogP contribution in [0, 0.1) is 5.92 Å². The molecular formula is C13H22N2O2S3. The van der Waals surface area contributed by atoms with Crippen molar-refractivity contribution in [2.75, 3.05) is 18.6 Å². The highest BCUT2D eigenvalue weighted by atomic mass is 32.2. The molecule has 1 heterocycles. The molecule has 0 bridgehead atoms. The third-order valence-corrected chi connectivity index (χ3v) is 6.95. The van der Waals surface area contributed by atoms with Crippen molar-refractivity contribution in [2.45, 2.75) is 36.6 Å². The molecule has 0 spiro atoms. The molecule has 1 atom stereocenters. The lowest BCUT2D eigenvalue weighted by Crippen LogP contribution is -2.28. The lowest BCUT2D eigenvalue weighted by atomic mass is 10.2. The summed E-state index contributed by atoms with van der Waals surface area (Å²) >= 11 is 3.03. The number of hydrogen-bond donors (Lipinski definition) is 2. The second-order valence-corrected chi connectivity index (χ2v) is 9.16. The molecule has 7 heteroatoms. The Morgan fingerprint density at radius 2 is 2.25 bits per heavy atom. The Kier molecular flexibility index (Phi) is 5.92. The molecule has 114 valence electrons. The minimum absolute atomic E-state index is 0.343. The second kappa shape index (κ2) is 7.26. The number of thiophene rings is 1. The van der Waals surface area contributed by atoms with Crippen LogP contribution < -0.4 is 10.0 Å². The third-order valence-electron chi connectivity index (χ3n) is 3.14. The van der Waals surface area contributed by atoms with Gasteiger partial charge in [-0.05, 0) is 47.8 Å². The highest BCUT2D eigenvalue weighted by Crippen LogP contribution is 2.23. The highest BCUT2D eigenvalue weighted by molar-refractivity contribution is 7.98. The van der Waals surface area contributed by atoms with Crippen LogP contribution in [-0.4, -0.2) is 33.0 Å². The first-order chi connectivity index (χ1) is 9.51. The van der Waals surface area contributed by atoms with E-state index in [0.29, 0.717) is 22.7 Å². The van der Waals surface area contributed by atoms with Gasteiger partial charge in [-0.25, -0.2) is 13.1 Å². The average Bonchev–Trinajstić information content (AvgIpc) is 3.11. The Morgan fingerprint density at radius 3 is 2.90 bits per heavy atom. The molecule has 0 radical (unpaired) electrons. The summed E-state index contributed by atoms with van der Waals surface area (Å²) in [6.07, 6.45) is 4.51. The van der Waals surface area contributed by atoms with Crippen LogP contribution in [0.4, 0.5) is 0 Å². The molecule has 0 aromatic carbocycles. The summed E-state index contributed by atoms with van der Waals surface area (Å²) in [7, 11) is -3.34. The SMILES string of the molecule is CSCC(C)CNS(=O)(=O)c1cc(CNC2CC2)cs1. The number of hydrogen-bond acceptors (Lipinski definition) is 5. The zero-order valence-corrected chi connectivity index (χ0v) is 14.3. The van der Waals surface area contributed by atoms with Gasteiger partial charge < -0.3 is 5.32 Å². The minimum Gasteiger partial charge on any atom is -0.310 e. The van der Waals surface area contributed by atoms with Gasteiger partial charge in [-0.1, -0.05) is 6.92 Å². The Hall–Kier alpha value is -0.0800. The Labute approximate surface area is 129 Å². The fourth-order valence-corrected chi connectivity index (χ4v) is 4.91. The van der Waals surface area contributed by atoms with Gasteiger partial charge in [0.15, 0.2) is 0 Å². The molecule has 0 saturated heterocycles. The summed E-state index contributed by atoms with van der Waals surface area (Å²) in [6, 6.07) is 2.42. The smallest absolute Gasteiger partial charge is 0.250 e. The van der Waals surface area contributed by atoms with E-state index < -0.39 is 10.0 Å². The predicted octanol–water partition coefficient (Wildman–Crippen LogP) is 2.28. The van der Waals surface area contributed by atoms with Gasteiger partial charge in [0.1, 0.15) is 4.21 Å². The van der Waals surface area contributed by atoms with E-state index in [1.165, 1.54) is 24.2 Å². The number of nitrogens with one attached hydrogen (secondary N) is 2. The number of rotatable bonds is 9. The summed E-state index contributed by atoms with van der Waals surface area (Å²) in [5.41, 5.74) is 1.06. The molecule has 0 amide bonds. The van der Waals surface area contributed by atoms with Gasteiger partial charge in [0.25, 0.3) is 0 Å². The van der Waals surface area contributed by atoms with Gasteiger partial charge >= 0.3 is 0 Å². The van der Waals surface area contributed by atoms with Gasteiger partial charge in [0, 0.05) is 19.1 Å². The zero-order chi connectivity index (χ0) is 14.6. The maximum atomic E-state index is 12.2. The van der Waals surface area contributed by atoms with E-state index in [2.05, 4.69) is 17.0 Å². The summed E-state index contributed by atoms with van der Waals surface area (Å²) in [6.45, 7) is 3.31. The molecule has 1 unspecified atom stereocenters. The fraction of sp³-hybridized carbons (Fsp3) is 0.692. The first-order valence-corrected chi connectivity index (χ1v) is 10.6. The average molecular weight is 335 g/mol. The van der Waals surface area contributed by atoms with Crippen molar-refractivity contribution in [3.8, 4) is 0 Å². The van der Waals surface area contributed by atoms with Crippen molar-refractivity contribution in [3.63, 3.8) is 0 Å². The fourth-order valence-electron chi connectivity index (χ4n) is 1.80. The number of sulfonamides is 1. The third kappa shape index (κ3) is 5.04. The Morgan fingerprint density at radius 1 is 1.50 bits per heavy atom.